The number of thiazole rings is 1. The molecule has 72 valence electrons. The zero-order valence-corrected chi connectivity index (χ0v) is 10.2. The molecule has 0 aliphatic heterocycles. The molecule has 0 bridgehead atoms. The first-order valence-corrected chi connectivity index (χ1v) is 6.04. The van der Waals surface area contributed by atoms with Crippen LogP contribution in [-0.2, 0) is 0 Å². The lowest BCUT2D eigenvalue weighted by molar-refractivity contribution is 0.573. The highest BCUT2D eigenvalue weighted by Gasteiger charge is 2.44. The highest BCUT2D eigenvalue weighted by Crippen LogP contribution is 2.51. The third-order valence-electron chi connectivity index (χ3n) is 2.69. The molecule has 0 radical (unpaired) electrons. The first-order chi connectivity index (χ1) is 6.08. The van der Waals surface area contributed by atoms with Crippen LogP contribution in [0, 0.1) is 11.3 Å². The van der Waals surface area contributed by atoms with E-state index in [0.29, 0.717) is 5.41 Å². The van der Waals surface area contributed by atoms with Crippen molar-refractivity contribution in [3.8, 4) is 0 Å². The van der Waals surface area contributed by atoms with Crippen LogP contribution in [0.1, 0.15) is 20.3 Å². The molecule has 1 aromatic heterocycles. The molecule has 13 heavy (non-hydrogen) atoms. The lowest BCUT2D eigenvalue weighted by atomic mass is 10.1. The Morgan fingerprint density at radius 2 is 2.46 bits per heavy atom. The molecule has 1 aliphatic carbocycles. The number of nitrogens with one attached hydrogen (secondary N) is 1. The largest absolute Gasteiger partial charge is 0.361 e. The molecule has 0 aromatic carbocycles. The van der Waals surface area contributed by atoms with Gasteiger partial charge in [-0.3, -0.25) is 0 Å². The second-order valence-corrected chi connectivity index (χ2v) is 6.65. The van der Waals surface area contributed by atoms with Gasteiger partial charge in [-0.05, 0) is 33.7 Å². The van der Waals surface area contributed by atoms with Gasteiger partial charge in [-0.25, -0.2) is 4.98 Å². The molecular weight excluding hydrogens is 248 g/mol. The monoisotopic (exact) mass is 260 g/mol. The van der Waals surface area contributed by atoms with E-state index in [1.54, 1.807) is 11.3 Å². The third-order valence-corrected chi connectivity index (χ3v) is 4.13. The van der Waals surface area contributed by atoms with Gasteiger partial charge in [0, 0.05) is 6.54 Å². The smallest absolute Gasteiger partial charge is 0.183 e. The molecule has 4 heteroatoms. The first-order valence-electron chi connectivity index (χ1n) is 4.43. The van der Waals surface area contributed by atoms with Gasteiger partial charge < -0.3 is 5.32 Å². The van der Waals surface area contributed by atoms with Crippen molar-refractivity contribution in [3.05, 3.63) is 9.98 Å². The van der Waals surface area contributed by atoms with Gasteiger partial charge in [0.1, 0.15) is 0 Å². The van der Waals surface area contributed by atoms with Gasteiger partial charge >= 0.3 is 0 Å². The maximum absolute atomic E-state index is 4.22. The van der Waals surface area contributed by atoms with Crippen LogP contribution in [0.25, 0.3) is 0 Å². The fourth-order valence-electron chi connectivity index (χ4n) is 1.47. The van der Waals surface area contributed by atoms with Crippen molar-refractivity contribution in [2.24, 2.45) is 11.3 Å². The van der Waals surface area contributed by atoms with Crippen LogP contribution in [-0.4, -0.2) is 11.5 Å². The summed E-state index contributed by atoms with van der Waals surface area (Å²) in [6.45, 7) is 5.70. The Morgan fingerprint density at radius 1 is 1.77 bits per heavy atom. The summed E-state index contributed by atoms with van der Waals surface area (Å²) in [6, 6.07) is 0. The number of hydrogen-bond donors (Lipinski definition) is 1. The third kappa shape index (κ3) is 2.23. The Morgan fingerprint density at radius 3 is 2.92 bits per heavy atom. The van der Waals surface area contributed by atoms with Crippen molar-refractivity contribution in [3.63, 3.8) is 0 Å². The van der Waals surface area contributed by atoms with Crippen molar-refractivity contribution >= 4 is 32.4 Å². The Hall–Kier alpha value is -0.0900. The highest BCUT2D eigenvalue weighted by molar-refractivity contribution is 9.11. The second-order valence-electron chi connectivity index (χ2n) is 4.24. The molecule has 2 rings (SSSR count). The van der Waals surface area contributed by atoms with Crippen molar-refractivity contribution in [2.75, 3.05) is 11.9 Å². The quantitative estimate of drug-likeness (QED) is 0.902. The molecule has 1 heterocycles. The lowest BCUT2D eigenvalue weighted by Gasteiger charge is -2.03. The minimum absolute atomic E-state index is 0.557. The van der Waals surface area contributed by atoms with Crippen LogP contribution >= 0.6 is 27.3 Å². The molecular formula is C9H13BrN2S. The van der Waals surface area contributed by atoms with Crippen molar-refractivity contribution in [1.82, 2.24) is 4.98 Å². The minimum Gasteiger partial charge on any atom is -0.361 e. The predicted molar refractivity (Wildman–Crippen MR) is 60.2 cm³/mol. The van der Waals surface area contributed by atoms with Crippen LogP contribution < -0.4 is 5.32 Å². The summed E-state index contributed by atoms with van der Waals surface area (Å²) in [7, 11) is 0. The molecule has 1 saturated carbocycles. The van der Waals surface area contributed by atoms with Crippen LogP contribution in [0.3, 0.4) is 0 Å². The van der Waals surface area contributed by atoms with E-state index in [1.165, 1.54) is 6.42 Å². The Labute approximate surface area is 90.9 Å². The van der Waals surface area contributed by atoms with Crippen LogP contribution in [0.4, 0.5) is 5.13 Å². The summed E-state index contributed by atoms with van der Waals surface area (Å²) in [5.41, 5.74) is 0.557. The summed E-state index contributed by atoms with van der Waals surface area (Å²) >= 11 is 5.05. The zero-order chi connectivity index (χ0) is 9.47. The number of aromatic nitrogens is 1. The molecule has 1 aromatic rings. The lowest BCUT2D eigenvalue weighted by Crippen LogP contribution is -2.06. The average Bonchev–Trinajstić information content (AvgIpc) is 2.45. The standard InChI is InChI=1S/C9H13BrN2S/c1-9(2)3-6(9)4-11-8-12-5-7(10)13-8/h5-6H,3-4H2,1-2H3,(H,11,12). The van der Waals surface area contributed by atoms with Crippen LogP contribution in [0.5, 0.6) is 0 Å². The van der Waals surface area contributed by atoms with Gasteiger partial charge in [0.25, 0.3) is 0 Å². The Balaban J connectivity index is 1.81. The van der Waals surface area contributed by atoms with Gasteiger partial charge in [-0.2, -0.15) is 0 Å². The second kappa shape index (κ2) is 3.24. The fourth-order valence-corrected chi connectivity index (χ4v) is 2.58. The summed E-state index contributed by atoms with van der Waals surface area (Å²) in [5.74, 6) is 0.829. The number of hydrogen-bond acceptors (Lipinski definition) is 3. The van der Waals surface area contributed by atoms with E-state index < -0.39 is 0 Å². The number of nitrogens with zero attached hydrogens (tertiary/aromatic N) is 1. The molecule has 1 N–H and O–H groups in total. The molecule has 1 atom stereocenters. The van der Waals surface area contributed by atoms with Gasteiger partial charge in [0.05, 0.1) is 9.98 Å². The van der Waals surface area contributed by atoms with E-state index in [0.717, 1.165) is 21.4 Å². The molecule has 0 saturated heterocycles. The topological polar surface area (TPSA) is 24.9 Å². The maximum Gasteiger partial charge on any atom is 0.183 e. The zero-order valence-electron chi connectivity index (χ0n) is 7.80. The number of anilines is 1. The molecule has 1 unspecified atom stereocenters. The molecule has 1 aliphatic rings. The molecule has 0 amide bonds. The summed E-state index contributed by atoms with van der Waals surface area (Å²) < 4.78 is 1.09. The summed E-state index contributed by atoms with van der Waals surface area (Å²) in [6.07, 6.45) is 3.18. The van der Waals surface area contributed by atoms with Gasteiger partial charge in [0.15, 0.2) is 5.13 Å². The van der Waals surface area contributed by atoms with E-state index in [4.69, 9.17) is 0 Å². The van der Waals surface area contributed by atoms with E-state index >= 15 is 0 Å². The highest BCUT2D eigenvalue weighted by atomic mass is 79.9. The average molecular weight is 261 g/mol. The van der Waals surface area contributed by atoms with Gasteiger partial charge in [-0.1, -0.05) is 25.2 Å². The Bertz CT molecular complexity index is 308. The maximum atomic E-state index is 4.22. The Kier molecular flexibility index (Phi) is 2.36. The van der Waals surface area contributed by atoms with Crippen LogP contribution in [0.2, 0.25) is 0 Å². The summed E-state index contributed by atoms with van der Waals surface area (Å²) in [5, 5.41) is 4.38. The number of halogens is 1. The van der Waals surface area contributed by atoms with Crippen molar-refractivity contribution < 1.29 is 0 Å². The minimum atomic E-state index is 0.557. The van der Waals surface area contributed by atoms with Crippen molar-refractivity contribution in [2.45, 2.75) is 20.3 Å². The molecule has 0 spiro atoms. The predicted octanol–water partition coefficient (Wildman–Crippen LogP) is 3.36. The van der Waals surface area contributed by atoms with E-state index in [2.05, 4.69) is 40.1 Å². The first kappa shape index (κ1) is 9.46. The SMILES string of the molecule is CC1(C)CC1CNc1ncc(Br)s1. The van der Waals surface area contributed by atoms with Gasteiger partial charge in [0.2, 0.25) is 0 Å². The van der Waals surface area contributed by atoms with E-state index in [1.807, 2.05) is 6.20 Å². The van der Waals surface area contributed by atoms with E-state index in [9.17, 15) is 0 Å². The normalized spacial score (nSPS) is 24.4. The fraction of sp³-hybridized carbons (Fsp3) is 0.667. The summed E-state index contributed by atoms with van der Waals surface area (Å²) in [4.78, 5) is 4.22. The van der Waals surface area contributed by atoms with Crippen molar-refractivity contribution in [1.29, 1.82) is 0 Å². The number of rotatable bonds is 3. The molecule has 1 fully saturated rings. The van der Waals surface area contributed by atoms with Crippen LogP contribution in [0.15, 0.2) is 9.98 Å². The molecule has 2 nitrogen and oxygen atoms in total. The van der Waals surface area contributed by atoms with Gasteiger partial charge in [-0.15, -0.1) is 0 Å². The van der Waals surface area contributed by atoms with E-state index in [-0.39, 0.29) is 0 Å².